The standard InChI is InChI=1S/C32H34ClFN6O3/c1-32(11-6-16-40(32)26(41)7-5-15-39(2)3)12-8-20-19-35-13-9-22(20)28-29(27-24(37-28)10-14-36-31(27)42)38-25-18-21(34)17-23(33)30(25)43-4/h5,7,9,13,17-19,37-38H,6,10-11,14-16H2,1-4H3,(H,36,42)/b7-5+/t32-/m1/s1. The third-order valence-electron chi connectivity index (χ3n) is 7.63. The van der Waals surface area contributed by atoms with Gasteiger partial charge >= 0.3 is 0 Å². The van der Waals surface area contributed by atoms with E-state index in [2.05, 4.69) is 32.4 Å². The second-order valence-electron chi connectivity index (χ2n) is 11.0. The van der Waals surface area contributed by atoms with E-state index in [1.54, 1.807) is 18.5 Å². The summed E-state index contributed by atoms with van der Waals surface area (Å²) in [6.07, 6.45) is 8.95. The first-order valence-corrected chi connectivity index (χ1v) is 14.4. The molecule has 1 fully saturated rings. The van der Waals surface area contributed by atoms with E-state index in [1.807, 2.05) is 43.0 Å². The number of aromatic nitrogens is 2. The number of ether oxygens (including phenoxy) is 1. The number of carbonyl (C=O) groups is 2. The number of benzene rings is 1. The third-order valence-corrected chi connectivity index (χ3v) is 7.91. The lowest BCUT2D eigenvalue weighted by Gasteiger charge is -2.29. The average Bonchev–Trinajstić information content (AvgIpc) is 3.53. The summed E-state index contributed by atoms with van der Waals surface area (Å²) < 4.78 is 19.9. The SMILES string of the molecule is COc1c(Cl)cc(F)cc1Nc1c(-c2ccncc2C#C[C@@]2(C)CCCN2C(=O)/C=C/CN(C)C)[nH]c2c1C(=O)NCC2. The fourth-order valence-corrected chi connectivity index (χ4v) is 5.80. The van der Waals surface area contributed by atoms with Gasteiger partial charge in [0.15, 0.2) is 5.75 Å². The Morgan fingerprint density at radius 2 is 2.19 bits per heavy atom. The molecule has 0 spiro atoms. The van der Waals surface area contributed by atoms with Crippen LogP contribution in [-0.4, -0.2) is 78.0 Å². The van der Waals surface area contributed by atoms with Gasteiger partial charge in [0.1, 0.15) is 11.4 Å². The summed E-state index contributed by atoms with van der Waals surface area (Å²) in [6, 6.07) is 4.24. The van der Waals surface area contributed by atoms with Crippen molar-refractivity contribution in [3.05, 3.63) is 70.4 Å². The van der Waals surface area contributed by atoms with E-state index in [-0.39, 0.29) is 28.3 Å². The molecule has 0 bridgehead atoms. The third kappa shape index (κ3) is 6.24. The minimum Gasteiger partial charge on any atom is -0.493 e. The number of fused-ring (bicyclic) bond motifs is 1. The molecule has 2 aromatic heterocycles. The molecule has 1 atom stereocenters. The van der Waals surface area contributed by atoms with Crippen molar-refractivity contribution in [2.45, 2.75) is 31.7 Å². The molecular weight excluding hydrogens is 571 g/mol. The lowest BCUT2D eigenvalue weighted by Crippen LogP contribution is -2.43. The quantitative estimate of drug-likeness (QED) is 0.266. The normalized spacial score (nSPS) is 17.9. The number of halogens is 2. The Hall–Kier alpha value is -4.33. The number of hydrogen-bond acceptors (Lipinski definition) is 6. The maximum absolute atomic E-state index is 14.4. The number of nitrogens with zero attached hydrogens (tertiary/aromatic N) is 3. The maximum atomic E-state index is 14.4. The van der Waals surface area contributed by atoms with Gasteiger partial charge in [-0.2, -0.15) is 0 Å². The number of likely N-dealkylation sites (N-methyl/N-ethyl adjacent to an activating group) is 1. The van der Waals surface area contributed by atoms with E-state index >= 15 is 0 Å². The number of nitrogens with one attached hydrogen (secondary N) is 3. The molecule has 2 amide bonds. The highest BCUT2D eigenvalue weighted by molar-refractivity contribution is 6.32. The van der Waals surface area contributed by atoms with Gasteiger partial charge in [-0.05, 0) is 46.0 Å². The monoisotopic (exact) mass is 604 g/mol. The van der Waals surface area contributed by atoms with Crippen LogP contribution in [0.1, 0.15) is 41.4 Å². The van der Waals surface area contributed by atoms with Crippen LogP contribution in [0.15, 0.2) is 42.7 Å². The summed E-state index contributed by atoms with van der Waals surface area (Å²) in [7, 11) is 5.34. The first kappa shape index (κ1) is 30.1. The Morgan fingerprint density at radius 3 is 2.95 bits per heavy atom. The molecule has 0 unspecified atom stereocenters. The van der Waals surface area contributed by atoms with E-state index in [1.165, 1.54) is 13.2 Å². The molecule has 4 heterocycles. The molecule has 3 N–H and O–H groups in total. The van der Waals surface area contributed by atoms with Gasteiger partial charge in [-0.1, -0.05) is 29.5 Å². The van der Waals surface area contributed by atoms with Gasteiger partial charge in [0, 0.05) is 61.8 Å². The molecule has 2 aliphatic heterocycles. The van der Waals surface area contributed by atoms with E-state index in [0.29, 0.717) is 54.1 Å². The molecular formula is C32H34ClFN6O3. The van der Waals surface area contributed by atoms with E-state index < -0.39 is 11.4 Å². The minimum atomic E-state index is -0.658. The predicted molar refractivity (Wildman–Crippen MR) is 165 cm³/mol. The Balaban J connectivity index is 1.56. The molecule has 0 aliphatic carbocycles. The molecule has 2 aliphatic rings. The van der Waals surface area contributed by atoms with Crippen molar-refractivity contribution < 1.29 is 18.7 Å². The topological polar surface area (TPSA) is 103 Å². The van der Waals surface area contributed by atoms with E-state index in [9.17, 15) is 14.0 Å². The van der Waals surface area contributed by atoms with Gasteiger partial charge < -0.3 is 30.2 Å². The van der Waals surface area contributed by atoms with Crippen LogP contribution in [-0.2, 0) is 11.2 Å². The number of methoxy groups -OCH3 is 1. The lowest BCUT2D eigenvalue weighted by atomic mass is 9.97. The van der Waals surface area contributed by atoms with E-state index in [0.717, 1.165) is 24.6 Å². The van der Waals surface area contributed by atoms with Crippen LogP contribution in [0.5, 0.6) is 5.75 Å². The zero-order valence-corrected chi connectivity index (χ0v) is 25.4. The molecule has 0 radical (unpaired) electrons. The van der Waals surface area contributed by atoms with Crippen LogP contribution in [0.4, 0.5) is 15.8 Å². The highest BCUT2D eigenvalue weighted by Gasteiger charge is 2.37. The summed E-state index contributed by atoms with van der Waals surface area (Å²) >= 11 is 6.27. The average molecular weight is 605 g/mol. The largest absolute Gasteiger partial charge is 0.493 e. The van der Waals surface area contributed by atoms with Crippen molar-refractivity contribution in [1.82, 2.24) is 25.1 Å². The molecule has 1 saturated heterocycles. The van der Waals surface area contributed by atoms with Gasteiger partial charge in [-0.15, -0.1) is 0 Å². The van der Waals surface area contributed by atoms with Crippen LogP contribution in [0.25, 0.3) is 11.3 Å². The first-order chi connectivity index (χ1) is 20.6. The molecule has 0 saturated carbocycles. The Bertz CT molecular complexity index is 1660. The number of H-pyrrole nitrogens is 1. The summed E-state index contributed by atoms with van der Waals surface area (Å²) in [6.45, 7) is 3.75. The molecule has 3 aromatic rings. The smallest absolute Gasteiger partial charge is 0.255 e. The summed E-state index contributed by atoms with van der Waals surface area (Å²) in [4.78, 5) is 37.6. The van der Waals surface area contributed by atoms with Crippen LogP contribution in [0, 0.1) is 17.7 Å². The summed E-state index contributed by atoms with van der Waals surface area (Å²) in [5.74, 6) is 6.00. The van der Waals surface area contributed by atoms with Crippen molar-refractivity contribution >= 4 is 34.8 Å². The molecule has 224 valence electrons. The Kier molecular flexibility index (Phi) is 8.76. The number of pyridine rings is 1. The molecule has 1 aromatic carbocycles. The van der Waals surface area contributed by atoms with Crippen LogP contribution < -0.4 is 15.4 Å². The van der Waals surface area contributed by atoms with Crippen LogP contribution >= 0.6 is 11.6 Å². The lowest BCUT2D eigenvalue weighted by molar-refractivity contribution is -0.128. The van der Waals surface area contributed by atoms with Crippen molar-refractivity contribution in [1.29, 1.82) is 0 Å². The minimum absolute atomic E-state index is 0.0696. The number of aromatic amines is 1. The number of likely N-dealkylation sites (tertiary alicyclic amines) is 1. The van der Waals surface area contributed by atoms with Crippen molar-refractivity contribution in [3.63, 3.8) is 0 Å². The van der Waals surface area contributed by atoms with Crippen molar-refractivity contribution in [2.24, 2.45) is 0 Å². The van der Waals surface area contributed by atoms with Gasteiger partial charge in [-0.3, -0.25) is 14.6 Å². The Morgan fingerprint density at radius 1 is 1.37 bits per heavy atom. The van der Waals surface area contributed by atoms with Gasteiger partial charge in [-0.25, -0.2) is 4.39 Å². The zero-order chi connectivity index (χ0) is 30.7. The van der Waals surface area contributed by atoms with Crippen LogP contribution in [0.2, 0.25) is 5.02 Å². The second kappa shape index (κ2) is 12.5. The number of carbonyl (C=O) groups excluding carboxylic acids is 2. The fourth-order valence-electron chi connectivity index (χ4n) is 5.52. The van der Waals surface area contributed by atoms with Gasteiger partial charge in [0.05, 0.1) is 40.3 Å². The number of rotatable bonds is 7. The number of anilines is 2. The van der Waals surface area contributed by atoms with Gasteiger partial charge in [0.25, 0.3) is 5.91 Å². The first-order valence-electron chi connectivity index (χ1n) is 14.0. The number of hydrogen-bond donors (Lipinski definition) is 3. The highest BCUT2D eigenvalue weighted by Crippen LogP contribution is 2.42. The molecule has 43 heavy (non-hydrogen) atoms. The predicted octanol–water partition coefficient (Wildman–Crippen LogP) is 4.76. The Labute approximate surface area is 255 Å². The second-order valence-corrected chi connectivity index (χ2v) is 11.4. The maximum Gasteiger partial charge on any atom is 0.255 e. The van der Waals surface area contributed by atoms with E-state index in [4.69, 9.17) is 16.3 Å². The molecule has 11 heteroatoms. The molecule has 9 nitrogen and oxygen atoms in total. The van der Waals surface area contributed by atoms with Gasteiger partial charge in [0.2, 0.25) is 5.91 Å². The summed E-state index contributed by atoms with van der Waals surface area (Å²) in [5, 5.41) is 6.19. The fraction of sp³-hybridized carbons (Fsp3) is 0.344. The number of amides is 2. The summed E-state index contributed by atoms with van der Waals surface area (Å²) in [5.41, 5.74) is 3.10. The van der Waals surface area contributed by atoms with Crippen LogP contribution in [0.3, 0.4) is 0 Å². The van der Waals surface area contributed by atoms with Crippen molar-refractivity contribution in [3.8, 4) is 28.8 Å². The highest BCUT2D eigenvalue weighted by atomic mass is 35.5. The molecule has 5 rings (SSSR count). The zero-order valence-electron chi connectivity index (χ0n) is 24.6. The van der Waals surface area contributed by atoms with Crippen molar-refractivity contribution in [2.75, 3.05) is 46.2 Å².